The van der Waals surface area contributed by atoms with E-state index < -0.39 is 35.8 Å². The third kappa shape index (κ3) is 7.47. The number of carbonyl (C=O) groups is 4. The van der Waals surface area contributed by atoms with E-state index in [2.05, 4.69) is 10.6 Å². The fourth-order valence-electron chi connectivity index (χ4n) is 2.35. The summed E-state index contributed by atoms with van der Waals surface area (Å²) in [4.78, 5) is 47.9. The standard InChI is InChI=1S/C19H26N2O6/c1-4-27-19(26)16(12(2)3)21-18(25)14(10-11-15(22)23)20-17(24)13-8-6-5-7-9-13/h5-9,12,14,16H,4,10-11H2,1-3H3,(H,20,24)(H,21,25)(H,22,23)/t14-,16-/m0/s1. The maximum absolute atomic E-state index is 12.6. The van der Waals surface area contributed by atoms with E-state index in [1.807, 2.05) is 0 Å². The summed E-state index contributed by atoms with van der Waals surface area (Å²) in [6.07, 6.45) is -0.410. The Hall–Kier alpha value is -2.90. The van der Waals surface area contributed by atoms with E-state index in [0.29, 0.717) is 5.56 Å². The van der Waals surface area contributed by atoms with Gasteiger partial charge in [-0.2, -0.15) is 0 Å². The van der Waals surface area contributed by atoms with Crippen LogP contribution in [0.1, 0.15) is 44.0 Å². The minimum atomic E-state index is -1.09. The van der Waals surface area contributed by atoms with Gasteiger partial charge in [-0.15, -0.1) is 0 Å². The molecule has 148 valence electrons. The van der Waals surface area contributed by atoms with Gasteiger partial charge in [0.2, 0.25) is 5.91 Å². The summed E-state index contributed by atoms with van der Waals surface area (Å²) in [5.74, 6) is -3.04. The normalized spacial score (nSPS) is 12.7. The van der Waals surface area contributed by atoms with E-state index in [1.165, 1.54) is 0 Å². The molecule has 0 aliphatic carbocycles. The van der Waals surface area contributed by atoms with Crippen LogP contribution in [0.3, 0.4) is 0 Å². The third-order valence-electron chi connectivity index (χ3n) is 3.81. The molecule has 0 saturated heterocycles. The zero-order valence-electron chi connectivity index (χ0n) is 15.7. The number of esters is 1. The average Bonchev–Trinajstić information content (AvgIpc) is 2.63. The zero-order valence-corrected chi connectivity index (χ0v) is 15.7. The van der Waals surface area contributed by atoms with Gasteiger partial charge in [0.05, 0.1) is 6.61 Å². The van der Waals surface area contributed by atoms with Crippen LogP contribution in [-0.2, 0) is 19.1 Å². The van der Waals surface area contributed by atoms with Crippen molar-refractivity contribution in [3.05, 3.63) is 35.9 Å². The van der Waals surface area contributed by atoms with Crippen molar-refractivity contribution < 1.29 is 29.0 Å². The summed E-state index contributed by atoms with van der Waals surface area (Å²) in [5.41, 5.74) is 0.344. The van der Waals surface area contributed by atoms with Crippen LogP contribution in [0.25, 0.3) is 0 Å². The van der Waals surface area contributed by atoms with Gasteiger partial charge >= 0.3 is 11.9 Å². The van der Waals surface area contributed by atoms with Crippen molar-refractivity contribution in [1.82, 2.24) is 10.6 Å². The van der Waals surface area contributed by atoms with Gasteiger partial charge < -0.3 is 20.5 Å². The zero-order chi connectivity index (χ0) is 20.4. The van der Waals surface area contributed by atoms with Crippen LogP contribution in [0.5, 0.6) is 0 Å². The molecule has 0 aliphatic heterocycles. The molecular formula is C19H26N2O6. The van der Waals surface area contributed by atoms with Crippen molar-refractivity contribution in [2.75, 3.05) is 6.61 Å². The van der Waals surface area contributed by atoms with Crippen LogP contribution in [-0.4, -0.2) is 47.6 Å². The van der Waals surface area contributed by atoms with Crippen LogP contribution in [0.15, 0.2) is 30.3 Å². The van der Waals surface area contributed by atoms with E-state index in [0.717, 1.165) is 0 Å². The van der Waals surface area contributed by atoms with Crippen molar-refractivity contribution in [1.29, 1.82) is 0 Å². The summed E-state index contributed by atoms with van der Waals surface area (Å²) < 4.78 is 4.96. The Morgan fingerprint density at radius 3 is 2.22 bits per heavy atom. The van der Waals surface area contributed by atoms with Gasteiger partial charge in [0.25, 0.3) is 5.91 Å². The largest absolute Gasteiger partial charge is 0.481 e. The van der Waals surface area contributed by atoms with Gasteiger partial charge in [0.15, 0.2) is 0 Å². The number of benzene rings is 1. The predicted molar refractivity (Wildman–Crippen MR) is 98.0 cm³/mol. The van der Waals surface area contributed by atoms with E-state index in [-0.39, 0.29) is 25.4 Å². The highest BCUT2D eigenvalue weighted by atomic mass is 16.5. The maximum atomic E-state index is 12.6. The molecule has 0 fully saturated rings. The molecule has 0 saturated carbocycles. The molecule has 2 atom stereocenters. The summed E-state index contributed by atoms with van der Waals surface area (Å²) in [7, 11) is 0. The Kier molecular flexibility index (Phi) is 8.98. The van der Waals surface area contributed by atoms with Crippen molar-refractivity contribution in [2.24, 2.45) is 5.92 Å². The number of carbonyl (C=O) groups excluding carboxylic acids is 3. The summed E-state index contributed by atoms with van der Waals surface area (Å²) in [6.45, 7) is 5.32. The van der Waals surface area contributed by atoms with E-state index >= 15 is 0 Å². The van der Waals surface area contributed by atoms with Crippen LogP contribution in [0.4, 0.5) is 0 Å². The second kappa shape index (κ2) is 10.9. The summed E-state index contributed by atoms with van der Waals surface area (Å²) in [5, 5.41) is 14.0. The average molecular weight is 378 g/mol. The number of amides is 2. The number of aliphatic carboxylic acids is 1. The smallest absolute Gasteiger partial charge is 0.328 e. The molecule has 0 unspecified atom stereocenters. The molecule has 0 heterocycles. The monoisotopic (exact) mass is 378 g/mol. The Labute approximate surface area is 158 Å². The number of carboxylic acid groups (broad SMARTS) is 1. The lowest BCUT2D eigenvalue weighted by molar-refractivity contribution is -0.149. The number of rotatable bonds is 10. The molecule has 1 aromatic carbocycles. The second-order valence-corrected chi connectivity index (χ2v) is 6.31. The highest BCUT2D eigenvalue weighted by Crippen LogP contribution is 2.08. The number of carboxylic acids is 1. The van der Waals surface area contributed by atoms with Gasteiger partial charge in [0.1, 0.15) is 12.1 Å². The predicted octanol–water partition coefficient (Wildman–Crippen LogP) is 1.35. The first-order valence-corrected chi connectivity index (χ1v) is 8.81. The number of hydrogen-bond donors (Lipinski definition) is 3. The molecule has 27 heavy (non-hydrogen) atoms. The Balaban J connectivity index is 2.90. The molecule has 1 rings (SSSR count). The topological polar surface area (TPSA) is 122 Å². The van der Waals surface area contributed by atoms with Gasteiger partial charge in [-0.3, -0.25) is 14.4 Å². The lowest BCUT2D eigenvalue weighted by Crippen LogP contribution is -2.53. The van der Waals surface area contributed by atoms with Gasteiger partial charge in [0, 0.05) is 12.0 Å². The molecule has 0 bridgehead atoms. The van der Waals surface area contributed by atoms with E-state index in [1.54, 1.807) is 51.1 Å². The van der Waals surface area contributed by atoms with E-state index in [4.69, 9.17) is 9.84 Å². The van der Waals surface area contributed by atoms with Crippen LogP contribution in [0.2, 0.25) is 0 Å². The molecule has 0 aromatic heterocycles. The molecule has 2 amide bonds. The third-order valence-corrected chi connectivity index (χ3v) is 3.81. The fourth-order valence-corrected chi connectivity index (χ4v) is 2.35. The van der Waals surface area contributed by atoms with Crippen molar-refractivity contribution in [3.8, 4) is 0 Å². The lowest BCUT2D eigenvalue weighted by atomic mass is 10.0. The van der Waals surface area contributed by atoms with Crippen LogP contribution >= 0.6 is 0 Å². The minimum Gasteiger partial charge on any atom is -0.481 e. The quantitative estimate of drug-likeness (QED) is 0.529. The number of hydrogen-bond acceptors (Lipinski definition) is 5. The first-order chi connectivity index (χ1) is 12.8. The van der Waals surface area contributed by atoms with Crippen molar-refractivity contribution >= 4 is 23.8 Å². The van der Waals surface area contributed by atoms with Crippen LogP contribution in [0, 0.1) is 5.92 Å². The highest BCUT2D eigenvalue weighted by molar-refractivity contribution is 5.98. The first-order valence-electron chi connectivity index (χ1n) is 8.81. The molecule has 1 aromatic rings. The molecule has 8 heteroatoms. The van der Waals surface area contributed by atoms with Crippen LogP contribution < -0.4 is 10.6 Å². The van der Waals surface area contributed by atoms with Crippen molar-refractivity contribution in [2.45, 2.75) is 45.7 Å². The molecule has 0 aliphatic rings. The molecule has 8 nitrogen and oxygen atoms in total. The van der Waals surface area contributed by atoms with Crippen molar-refractivity contribution in [3.63, 3.8) is 0 Å². The first kappa shape index (κ1) is 22.1. The van der Waals surface area contributed by atoms with Gasteiger partial charge in [-0.1, -0.05) is 32.0 Å². The lowest BCUT2D eigenvalue weighted by Gasteiger charge is -2.24. The Bertz CT molecular complexity index is 659. The molecular weight excluding hydrogens is 352 g/mol. The summed E-state index contributed by atoms with van der Waals surface area (Å²) >= 11 is 0. The number of ether oxygens (including phenoxy) is 1. The Morgan fingerprint density at radius 1 is 1.07 bits per heavy atom. The SMILES string of the molecule is CCOC(=O)[C@@H](NC(=O)[C@H](CCC(=O)O)NC(=O)c1ccccc1)C(C)C. The van der Waals surface area contributed by atoms with Gasteiger partial charge in [-0.05, 0) is 31.4 Å². The molecule has 0 radical (unpaired) electrons. The van der Waals surface area contributed by atoms with E-state index in [9.17, 15) is 19.2 Å². The second-order valence-electron chi connectivity index (χ2n) is 6.31. The number of nitrogens with one attached hydrogen (secondary N) is 2. The Morgan fingerprint density at radius 2 is 1.70 bits per heavy atom. The maximum Gasteiger partial charge on any atom is 0.328 e. The fraction of sp³-hybridized carbons (Fsp3) is 0.474. The highest BCUT2D eigenvalue weighted by Gasteiger charge is 2.30. The summed E-state index contributed by atoms with van der Waals surface area (Å²) in [6, 6.07) is 6.28. The van der Waals surface area contributed by atoms with Gasteiger partial charge in [-0.25, -0.2) is 4.79 Å². The minimum absolute atomic E-state index is 0.104. The molecule has 3 N–H and O–H groups in total. The molecule has 0 spiro atoms.